The second-order valence-corrected chi connectivity index (χ2v) is 7.67. The molecule has 0 unspecified atom stereocenters. The summed E-state index contributed by atoms with van der Waals surface area (Å²) in [4.78, 5) is 15.2. The summed E-state index contributed by atoms with van der Waals surface area (Å²) in [5.74, 6) is 0. The largest absolute Gasteiger partial charge is 0.343 e. The zero-order valence-corrected chi connectivity index (χ0v) is 16.0. The smallest absolute Gasteiger partial charge is 0.260 e. The molecule has 0 atom stereocenters. The van der Waals surface area contributed by atoms with Crippen LogP contribution in [0.3, 0.4) is 0 Å². The minimum atomic E-state index is 0.0783. The van der Waals surface area contributed by atoms with E-state index in [-0.39, 0.29) is 5.56 Å². The summed E-state index contributed by atoms with van der Waals surface area (Å²) in [5.41, 5.74) is 2.07. The molecule has 1 aliphatic rings. The number of nitrogens with zero attached hydrogens (tertiary/aromatic N) is 3. The molecule has 0 radical (unpaired) electrons. The Kier molecular flexibility index (Phi) is 5.07. The molecule has 0 saturated carbocycles. The van der Waals surface area contributed by atoms with Crippen molar-refractivity contribution in [3.05, 3.63) is 68.7 Å². The number of rotatable bonds is 5. The van der Waals surface area contributed by atoms with E-state index in [0.29, 0.717) is 16.6 Å². The van der Waals surface area contributed by atoms with Crippen LogP contribution in [0.15, 0.2) is 47.5 Å². The van der Waals surface area contributed by atoms with Gasteiger partial charge in [0.2, 0.25) is 0 Å². The van der Waals surface area contributed by atoms with Gasteiger partial charge in [0.15, 0.2) is 0 Å². The Balaban J connectivity index is 1.57. The van der Waals surface area contributed by atoms with E-state index in [2.05, 4.69) is 9.47 Å². The molecule has 0 amide bonds. The molecule has 1 saturated heterocycles. The molecule has 4 rings (SSSR count). The second-order valence-electron chi connectivity index (χ2n) is 6.85. The lowest BCUT2D eigenvalue weighted by Crippen LogP contribution is -2.28. The van der Waals surface area contributed by atoms with Crippen LogP contribution >= 0.6 is 23.2 Å². The van der Waals surface area contributed by atoms with E-state index in [0.717, 1.165) is 42.6 Å². The van der Waals surface area contributed by atoms with Crippen LogP contribution < -0.4 is 5.56 Å². The van der Waals surface area contributed by atoms with E-state index >= 15 is 0 Å². The lowest BCUT2D eigenvalue weighted by Gasteiger charge is -2.15. The number of halogens is 2. The van der Waals surface area contributed by atoms with E-state index in [4.69, 9.17) is 23.2 Å². The molecule has 0 aliphatic carbocycles. The van der Waals surface area contributed by atoms with Gasteiger partial charge in [0.1, 0.15) is 0 Å². The second kappa shape index (κ2) is 7.47. The van der Waals surface area contributed by atoms with Gasteiger partial charge >= 0.3 is 0 Å². The van der Waals surface area contributed by atoms with Crippen LogP contribution in [0, 0.1) is 0 Å². The minimum Gasteiger partial charge on any atom is -0.343 e. The SMILES string of the molecule is O=c1c2ccn(Cc3ccc(Cl)c(Cl)c3)c2ccn1CCN1CCCC1. The molecule has 3 heterocycles. The molecule has 1 aliphatic heterocycles. The van der Waals surface area contributed by atoms with Crippen LogP contribution in [0.4, 0.5) is 0 Å². The van der Waals surface area contributed by atoms with E-state index in [1.54, 1.807) is 6.07 Å². The first-order valence-electron chi connectivity index (χ1n) is 8.96. The maximum absolute atomic E-state index is 12.8. The van der Waals surface area contributed by atoms with Crippen LogP contribution in [0.2, 0.25) is 10.0 Å². The van der Waals surface area contributed by atoms with Crippen molar-refractivity contribution in [2.75, 3.05) is 19.6 Å². The van der Waals surface area contributed by atoms with Crippen LogP contribution in [-0.2, 0) is 13.1 Å². The summed E-state index contributed by atoms with van der Waals surface area (Å²) in [6.07, 6.45) is 6.41. The van der Waals surface area contributed by atoms with Crippen LogP contribution in [0.5, 0.6) is 0 Å². The first-order valence-corrected chi connectivity index (χ1v) is 9.72. The maximum Gasteiger partial charge on any atom is 0.260 e. The molecule has 0 N–H and O–H groups in total. The molecule has 0 bridgehead atoms. The number of hydrogen-bond acceptors (Lipinski definition) is 2. The standard InChI is InChI=1S/C20H21Cl2N3O/c21-17-4-3-15(13-18(17)22)14-25-9-5-16-19(25)6-10-24(20(16)26)12-11-23-7-1-2-8-23/h3-6,9-10,13H,1-2,7-8,11-12,14H2. The third kappa shape index (κ3) is 3.54. The molecule has 2 aromatic heterocycles. The van der Waals surface area contributed by atoms with Gasteiger partial charge < -0.3 is 14.0 Å². The van der Waals surface area contributed by atoms with Crippen molar-refractivity contribution >= 4 is 34.1 Å². The third-order valence-corrected chi connectivity index (χ3v) is 5.84. The number of likely N-dealkylation sites (tertiary alicyclic amines) is 1. The van der Waals surface area contributed by atoms with Gasteiger partial charge in [0.05, 0.1) is 20.9 Å². The Morgan fingerprint density at radius 3 is 2.42 bits per heavy atom. The fourth-order valence-corrected chi connectivity index (χ4v) is 3.96. The quantitative estimate of drug-likeness (QED) is 0.652. The van der Waals surface area contributed by atoms with E-state index in [9.17, 15) is 4.79 Å². The Morgan fingerprint density at radius 2 is 1.65 bits per heavy atom. The molecule has 26 heavy (non-hydrogen) atoms. The Hall–Kier alpha value is -1.75. The highest BCUT2D eigenvalue weighted by Gasteiger charge is 2.13. The number of fused-ring (bicyclic) bond motifs is 1. The number of aromatic nitrogens is 2. The van der Waals surface area contributed by atoms with Crippen molar-refractivity contribution in [3.8, 4) is 0 Å². The molecule has 6 heteroatoms. The van der Waals surface area contributed by atoms with Gasteiger partial charge in [-0.3, -0.25) is 4.79 Å². The predicted octanol–water partition coefficient (Wildman–Crippen LogP) is 4.25. The van der Waals surface area contributed by atoms with Gasteiger partial charge in [0, 0.05) is 32.0 Å². The highest BCUT2D eigenvalue weighted by molar-refractivity contribution is 6.42. The van der Waals surface area contributed by atoms with E-state index in [1.165, 1.54) is 12.8 Å². The molecule has 1 aromatic carbocycles. The van der Waals surface area contributed by atoms with Gasteiger partial charge in [0.25, 0.3) is 5.56 Å². The zero-order valence-electron chi connectivity index (χ0n) is 14.5. The fourth-order valence-electron chi connectivity index (χ4n) is 3.64. The summed E-state index contributed by atoms with van der Waals surface area (Å²) >= 11 is 12.1. The summed E-state index contributed by atoms with van der Waals surface area (Å²) in [6.45, 7) is 4.63. The van der Waals surface area contributed by atoms with Crippen molar-refractivity contribution in [1.82, 2.24) is 14.0 Å². The first-order chi connectivity index (χ1) is 12.6. The Labute approximate surface area is 162 Å². The monoisotopic (exact) mass is 389 g/mol. The Bertz CT molecular complexity index is 986. The molecular formula is C20H21Cl2N3O. The number of hydrogen-bond donors (Lipinski definition) is 0. The highest BCUT2D eigenvalue weighted by atomic mass is 35.5. The molecule has 3 aromatic rings. The third-order valence-electron chi connectivity index (χ3n) is 5.10. The van der Waals surface area contributed by atoms with Gasteiger partial charge in [-0.05, 0) is 55.8 Å². The summed E-state index contributed by atoms with van der Waals surface area (Å²) in [5, 5.41) is 1.85. The predicted molar refractivity (Wildman–Crippen MR) is 107 cm³/mol. The lowest BCUT2D eigenvalue weighted by molar-refractivity contribution is 0.321. The average molecular weight is 390 g/mol. The van der Waals surface area contributed by atoms with Crippen molar-refractivity contribution in [3.63, 3.8) is 0 Å². The summed E-state index contributed by atoms with van der Waals surface area (Å²) < 4.78 is 3.89. The molecule has 4 nitrogen and oxygen atoms in total. The number of pyridine rings is 1. The Morgan fingerprint density at radius 1 is 0.885 bits per heavy atom. The molecular weight excluding hydrogens is 369 g/mol. The van der Waals surface area contributed by atoms with Crippen LogP contribution in [0.25, 0.3) is 10.9 Å². The maximum atomic E-state index is 12.8. The molecule has 0 spiro atoms. The minimum absolute atomic E-state index is 0.0783. The van der Waals surface area contributed by atoms with E-state index < -0.39 is 0 Å². The topological polar surface area (TPSA) is 30.2 Å². The first kappa shape index (κ1) is 17.7. The van der Waals surface area contributed by atoms with Gasteiger partial charge in [-0.1, -0.05) is 29.3 Å². The molecule has 136 valence electrons. The van der Waals surface area contributed by atoms with Crippen molar-refractivity contribution in [1.29, 1.82) is 0 Å². The van der Waals surface area contributed by atoms with Crippen molar-refractivity contribution < 1.29 is 0 Å². The number of benzene rings is 1. The van der Waals surface area contributed by atoms with Crippen LogP contribution in [-0.4, -0.2) is 33.7 Å². The van der Waals surface area contributed by atoms with Crippen LogP contribution in [0.1, 0.15) is 18.4 Å². The summed E-state index contributed by atoms with van der Waals surface area (Å²) in [7, 11) is 0. The van der Waals surface area contributed by atoms with Crippen molar-refractivity contribution in [2.24, 2.45) is 0 Å². The normalized spacial score (nSPS) is 15.2. The summed E-state index contributed by atoms with van der Waals surface area (Å²) in [6, 6.07) is 9.56. The van der Waals surface area contributed by atoms with Gasteiger partial charge in [-0.15, -0.1) is 0 Å². The zero-order chi connectivity index (χ0) is 18.1. The fraction of sp³-hybridized carbons (Fsp3) is 0.350. The van der Waals surface area contributed by atoms with Crippen molar-refractivity contribution in [2.45, 2.75) is 25.9 Å². The van der Waals surface area contributed by atoms with Gasteiger partial charge in [-0.25, -0.2) is 0 Å². The average Bonchev–Trinajstić information content (AvgIpc) is 3.28. The molecule has 1 fully saturated rings. The highest BCUT2D eigenvalue weighted by Crippen LogP contribution is 2.24. The van der Waals surface area contributed by atoms with Gasteiger partial charge in [-0.2, -0.15) is 0 Å². The van der Waals surface area contributed by atoms with E-state index in [1.807, 2.05) is 41.2 Å². The lowest BCUT2D eigenvalue weighted by atomic mass is 10.2.